The molecule has 0 amide bonds. The fourth-order valence-electron chi connectivity index (χ4n) is 4.15. The van der Waals surface area contributed by atoms with Gasteiger partial charge in [-0.05, 0) is 36.3 Å². The molecular weight excluding hydrogens is 639 g/mol. The van der Waals surface area contributed by atoms with Gasteiger partial charge in [0, 0.05) is 24.5 Å². The Hall–Kier alpha value is 0.650. The number of rotatable bonds is 4. The average Bonchev–Trinajstić information content (AvgIpc) is 3.04. The molecule has 0 radical (unpaired) electrons. The van der Waals surface area contributed by atoms with E-state index in [4.69, 9.17) is 4.42 Å². The number of benzene rings is 1. The first-order valence-corrected chi connectivity index (χ1v) is 21.1. The molecule has 1 saturated heterocycles. The molecule has 3 unspecified atom stereocenters. The fourth-order valence-corrected chi connectivity index (χ4v) is 4.15. The van der Waals surface area contributed by atoms with Crippen LogP contribution in [0.5, 0.6) is 0 Å². The zero-order valence-corrected chi connectivity index (χ0v) is 20.3. The summed E-state index contributed by atoms with van der Waals surface area (Å²) >= 11 is 5.30. The van der Waals surface area contributed by atoms with Crippen LogP contribution in [0.25, 0.3) is 11.0 Å². The second-order valence-electron chi connectivity index (χ2n) is 6.60. The molecule has 1 aliphatic carbocycles. The normalized spacial score (nSPS) is 25.9. The Morgan fingerprint density at radius 3 is 2.79 bits per heavy atom. The summed E-state index contributed by atoms with van der Waals surface area (Å²) in [6, 6.07) is 9.02. The molecule has 1 aromatic heterocycles. The van der Waals surface area contributed by atoms with Crippen molar-refractivity contribution in [1.82, 2.24) is 4.90 Å². The van der Waals surface area contributed by atoms with E-state index in [-0.39, 0.29) is 0 Å². The van der Waals surface area contributed by atoms with Crippen molar-refractivity contribution in [1.29, 1.82) is 0 Å². The van der Waals surface area contributed by atoms with E-state index in [0.29, 0.717) is 19.3 Å². The summed E-state index contributed by atoms with van der Waals surface area (Å²) in [6.07, 6.45) is 10.6. The number of nitrogens with zero attached hydrogens (tertiary/aromatic N) is 1. The van der Waals surface area contributed by atoms with Crippen LogP contribution in [0.15, 0.2) is 47.1 Å². The van der Waals surface area contributed by atoms with Crippen molar-refractivity contribution in [3.8, 4) is 0 Å². The Labute approximate surface area is 174 Å². The molecule has 3 aliphatic rings. The Morgan fingerprint density at radius 2 is 2.04 bits per heavy atom. The molecule has 0 N–H and O–H groups in total. The summed E-state index contributed by atoms with van der Waals surface area (Å²) < 4.78 is 5.66. The Balaban J connectivity index is 0.000000526. The monoisotopic (exact) mass is 662 g/mol. The number of piperidine rings is 1. The van der Waals surface area contributed by atoms with Crippen LogP contribution in [-0.4, -0.2) is 24.0 Å². The predicted molar refractivity (Wildman–Crippen MR) is 114 cm³/mol. The van der Waals surface area contributed by atoms with Crippen molar-refractivity contribution in [3.63, 3.8) is 0 Å². The van der Waals surface area contributed by atoms with Gasteiger partial charge >= 0.3 is 50.5 Å². The summed E-state index contributed by atoms with van der Waals surface area (Å²) in [6.45, 7) is 4.72. The zero-order chi connectivity index (χ0) is 16.9. The number of hydrogen-bond acceptors (Lipinski definition) is 2. The van der Waals surface area contributed by atoms with Crippen molar-refractivity contribution >= 4 is 48.2 Å². The molecule has 3 heterocycles. The molecule has 1 aromatic carbocycles. The van der Waals surface area contributed by atoms with Crippen LogP contribution in [0.3, 0.4) is 0 Å². The molecule has 3 atom stereocenters. The number of halogens is 3. The molecule has 0 spiro atoms. The first kappa shape index (κ1) is 19.4. The van der Waals surface area contributed by atoms with Crippen LogP contribution in [0.2, 0.25) is 0 Å². The molecule has 2 nitrogen and oxygen atoms in total. The minimum atomic E-state index is 0.530. The molecule has 24 heavy (non-hydrogen) atoms. The van der Waals surface area contributed by atoms with Crippen molar-refractivity contribution < 1.29 is 17.7 Å². The van der Waals surface area contributed by atoms with E-state index in [1.54, 1.807) is 0 Å². The summed E-state index contributed by atoms with van der Waals surface area (Å²) in [7, 11) is 0. The van der Waals surface area contributed by atoms with Gasteiger partial charge in [-0.3, -0.25) is 4.90 Å². The fraction of sp³-hybridized carbons (Fsp3) is 0.474. The number of furan rings is 1. The van der Waals surface area contributed by atoms with Gasteiger partial charge < -0.3 is 4.42 Å². The molecule has 2 aliphatic heterocycles. The minimum absolute atomic E-state index is 0.530. The van der Waals surface area contributed by atoms with Gasteiger partial charge in [-0.25, -0.2) is 0 Å². The van der Waals surface area contributed by atoms with E-state index in [2.05, 4.69) is 79.4 Å². The van der Waals surface area contributed by atoms with E-state index >= 15 is 0 Å². The van der Waals surface area contributed by atoms with Gasteiger partial charge in [-0.1, -0.05) is 43.7 Å². The van der Waals surface area contributed by atoms with Gasteiger partial charge in [0.05, 0.1) is 6.26 Å². The molecule has 132 valence electrons. The standard InChI is InChI=1S/C19H23NO.I3/c1-2-15-11-14-7-8-18(15)20(12-14)10-9-16-13-21-19-6-4-3-5-17(16)19;1-3-2/h3-8,13-15,18H,2,9-12H2,1H3;/q;-1. The van der Waals surface area contributed by atoms with Crippen LogP contribution in [0.4, 0.5) is 0 Å². The van der Waals surface area contributed by atoms with Crippen LogP contribution in [0.1, 0.15) is 25.3 Å². The van der Waals surface area contributed by atoms with Crippen LogP contribution in [-0.2, 0) is 6.42 Å². The third-order valence-corrected chi connectivity index (χ3v) is 5.31. The second kappa shape index (κ2) is 9.55. The van der Waals surface area contributed by atoms with Crippen molar-refractivity contribution in [2.24, 2.45) is 11.8 Å². The van der Waals surface area contributed by atoms with Gasteiger partial charge in [-0.2, -0.15) is 0 Å². The van der Waals surface area contributed by atoms with E-state index in [9.17, 15) is 0 Å². The number of para-hydroxylation sites is 1. The van der Waals surface area contributed by atoms with Crippen LogP contribution in [0, 0.1) is 11.8 Å². The van der Waals surface area contributed by atoms with E-state index < -0.39 is 0 Å². The molecule has 5 heteroatoms. The molecule has 2 bridgehead atoms. The van der Waals surface area contributed by atoms with Crippen LogP contribution >= 0.6 is 37.2 Å². The summed E-state index contributed by atoms with van der Waals surface area (Å²) in [5.74, 6) is 1.64. The van der Waals surface area contributed by atoms with E-state index in [1.165, 1.54) is 30.3 Å². The van der Waals surface area contributed by atoms with Crippen molar-refractivity contribution in [2.75, 3.05) is 13.1 Å². The first-order valence-electron chi connectivity index (χ1n) is 8.51. The maximum atomic E-state index is 5.66. The third kappa shape index (κ3) is 4.49. The van der Waals surface area contributed by atoms with Gasteiger partial charge in [0.15, 0.2) is 0 Å². The maximum absolute atomic E-state index is 5.66. The molecular formula is C19H23I3NO-. The second-order valence-corrected chi connectivity index (χ2v) is 22.8. The van der Waals surface area contributed by atoms with Crippen LogP contribution < -0.4 is 13.3 Å². The SMILES string of the molecule is CCC1CC2C=CC1N(CCc1coc3ccccc13)C2.I[I-]I. The van der Waals surface area contributed by atoms with Gasteiger partial charge in [0.25, 0.3) is 0 Å². The molecule has 5 rings (SSSR count). The Kier molecular flexibility index (Phi) is 7.72. The summed E-state index contributed by atoms with van der Waals surface area (Å²) in [5.41, 5.74) is 2.36. The van der Waals surface area contributed by atoms with Crippen molar-refractivity contribution in [2.45, 2.75) is 32.2 Å². The summed E-state index contributed by atoms with van der Waals surface area (Å²) in [4.78, 5) is 2.68. The van der Waals surface area contributed by atoms with Gasteiger partial charge in [0.1, 0.15) is 5.58 Å². The predicted octanol–water partition coefficient (Wildman–Crippen LogP) is 3.04. The zero-order valence-electron chi connectivity index (χ0n) is 13.8. The topological polar surface area (TPSA) is 16.4 Å². The van der Waals surface area contributed by atoms with Gasteiger partial charge in [0.2, 0.25) is 0 Å². The van der Waals surface area contributed by atoms with E-state index in [0.717, 1.165) is 30.4 Å². The molecule has 0 saturated carbocycles. The molecule has 1 fully saturated rings. The quantitative estimate of drug-likeness (QED) is 0.370. The first-order chi connectivity index (χ1) is 11.8. The number of hydrogen-bond donors (Lipinski definition) is 0. The van der Waals surface area contributed by atoms with Gasteiger partial charge in [-0.15, -0.1) is 0 Å². The molecule has 2 aromatic rings. The Morgan fingerprint density at radius 1 is 1.25 bits per heavy atom. The van der Waals surface area contributed by atoms with E-state index in [1.807, 2.05) is 12.3 Å². The van der Waals surface area contributed by atoms with Crippen molar-refractivity contribution in [3.05, 3.63) is 48.2 Å². The third-order valence-electron chi connectivity index (χ3n) is 5.31. The average molecular weight is 662 g/mol. The number of fused-ring (bicyclic) bond motifs is 3. The Bertz CT molecular complexity index is 684. The summed E-state index contributed by atoms with van der Waals surface area (Å²) in [5, 5.41) is 1.28.